The van der Waals surface area contributed by atoms with Crippen LogP contribution in [-0.2, 0) is 13.1 Å². The molecule has 0 aliphatic rings. The van der Waals surface area contributed by atoms with Crippen LogP contribution in [0.4, 0.5) is 0 Å². The van der Waals surface area contributed by atoms with E-state index in [-0.39, 0.29) is 6.61 Å². The van der Waals surface area contributed by atoms with E-state index in [2.05, 4.69) is 4.90 Å². The molecule has 5 nitrogen and oxygen atoms in total. The van der Waals surface area contributed by atoms with Crippen LogP contribution < -0.4 is 4.74 Å². The lowest BCUT2D eigenvalue weighted by atomic mass is 10.2. The minimum Gasteiger partial charge on any atom is -0.491 e. The predicted octanol–water partition coefficient (Wildman–Crippen LogP) is 3.62. The van der Waals surface area contributed by atoms with Crippen molar-refractivity contribution in [2.45, 2.75) is 26.1 Å². The van der Waals surface area contributed by atoms with E-state index in [4.69, 9.17) is 13.6 Å². The maximum atomic E-state index is 10.4. The van der Waals surface area contributed by atoms with E-state index >= 15 is 0 Å². The second-order valence-electron chi connectivity index (χ2n) is 6.11. The van der Waals surface area contributed by atoms with Crippen LogP contribution in [0.5, 0.6) is 5.75 Å². The first kappa shape index (κ1) is 17.3. The molecule has 0 saturated heterocycles. The number of rotatable bonds is 9. The molecule has 2 heterocycles. The third-order valence-electron chi connectivity index (χ3n) is 3.85. The Balaban J connectivity index is 1.55. The molecule has 0 spiro atoms. The van der Waals surface area contributed by atoms with Crippen molar-refractivity contribution < 1.29 is 18.7 Å². The Morgan fingerprint density at radius 1 is 0.960 bits per heavy atom. The van der Waals surface area contributed by atoms with E-state index in [1.807, 2.05) is 55.5 Å². The Morgan fingerprint density at radius 2 is 1.56 bits per heavy atom. The Morgan fingerprint density at radius 3 is 2.08 bits per heavy atom. The molecule has 132 valence electrons. The molecule has 25 heavy (non-hydrogen) atoms. The second-order valence-corrected chi connectivity index (χ2v) is 6.11. The molecule has 3 rings (SSSR count). The molecule has 0 amide bonds. The molecule has 1 atom stereocenters. The third kappa shape index (κ3) is 5.52. The van der Waals surface area contributed by atoms with Crippen LogP contribution >= 0.6 is 0 Å². The van der Waals surface area contributed by atoms with Crippen LogP contribution in [0.3, 0.4) is 0 Å². The van der Waals surface area contributed by atoms with E-state index in [1.165, 1.54) is 5.56 Å². The number of hydrogen-bond donors (Lipinski definition) is 1. The summed E-state index contributed by atoms with van der Waals surface area (Å²) in [5.74, 6) is 2.45. The molecule has 1 N–H and O–H groups in total. The first-order chi connectivity index (χ1) is 12.2. The van der Waals surface area contributed by atoms with Gasteiger partial charge in [0.05, 0.1) is 25.6 Å². The third-order valence-corrected chi connectivity index (χ3v) is 3.85. The second kappa shape index (κ2) is 8.55. The highest BCUT2D eigenvalue weighted by Crippen LogP contribution is 2.14. The number of aryl methyl sites for hydroxylation is 1. The van der Waals surface area contributed by atoms with E-state index in [0.717, 1.165) is 17.3 Å². The van der Waals surface area contributed by atoms with Gasteiger partial charge in [-0.2, -0.15) is 0 Å². The van der Waals surface area contributed by atoms with E-state index in [9.17, 15) is 5.11 Å². The van der Waals surface area contributed by atoms with Gasteiger partial charge in [-0.05, 0) is 43.3 Å². The normalized spacial score (nSPS) is 12.4. The van der Waals surface area contributed by atoms with E-state index in [1.54, 1.807) is 12.5 Å². The molecule has 5 heteroatoms. The zero-order chi connectivity index (χ0) is 17.5. The van der Waals surface area contributed by atoms with Gasteiger partial charge in [0.15, 0.2) is 0 Å². The Bertz CT molecular complexity index is 683. The molecule has 1 unspecified atom stereocenters. The Labute approximate surface area is 147 Å². The summed E-state index contributed by atoms with van der Waals surface area (Å²) < 4.78 is 16.5. The number of aliphatic hydroxyl groups is 1. The van der Waals surface area contributed by atoms with Gasteiger partial charge in [0.2, 0.25) is 0 Å². The zero-order valence-electron chi connectivity index (χ0n) is 14.3. The fourth-order valence-electron chi connectivity index (χ4n) is 2.61. The standard InChI is InChI=1S/C20H23NO4/c1-16-6-8-18(9-7-16)25-15-17(22)12-21(13-19-4-2-10-23-19)14-20-5-3-11-24-20/h2-11,17,22H,12-15H2,1H3. The predicted molar refractivity (Wildman–Crippen MR) is 94.2 cm³/mol. The lowest BCUT2D eigenvalue weighted by Crippen LogP contribution is -2.34. The van der Waals surface area contributed by atoms with Crippen LogP contribution in [0.25, 0.3) is 0 Å². The smallest absolute Gasteiger partial charge is 0.119 e. The van der Waals surface area contributed by atoms with Crippen molar-refractivity contribution in [3.05, 3.63) is 78.1 Å². The number of benzene rings is 1. The maximum Gasteiger partial charge on any atom is 0.119 e. The summed E-state index contributed by atoms with van der Waals surface area (Å²) in [6.45, 7) is 3.90. The van der Waals surface area contributed by atoms with Crippen LogP contribution in [0.2, 0.25) is 0 Å². The van der Waals surface area contributed by atoms with Gasteiger partial charge in [-0.1, -0.05) is 17.7 Å². The maximum absolute atomic E-state index is 10.4. The largest absolute Gasteiger partial charge is 0.491 e. The lowest BCUT2D eigenvalue weighted by Gasteiger charge is -2.23. The summed E-state index contributed by atoms with van der Waals surface area (Å²) in [6, 6.07) is 15.4. The van der Waals surface area contributed by atoms with Gasteiger partial charge in [0.25, 0.3) is 0 Å². The van der Waals surface area contributed by atoms with Gasteiger partial charge >= 0.3 is 0 Å². The first-order valence-corrected chi connectivity index (χ1v) is 8.33. The van der Waals surface area contributed by atoms with Crippen LogP contribution in [0.1, 0.15) is 17.1 Å². The Hall–Kier alpha value is -2.50. The van der Waals surface area contributed by atoms with Gasteiger partial charge < -0.3 is 18.7 Å². The van der Waals surface area contributed by atoms with Crippen molar-refractivity contribution in [1.29, 1.82) is 0 Å². The summed E-state index contributed by atoms with van der Waals surface area (Å²) in [5, 5.41) is 10.4. The van der Waals surface area contributed by atoms with Crippen molar-refractivity contribution in [2.24, 2.45) is 0 Å². The number of aliphatic hydroxyl groups excluding tert-OH is 1. The molecule has 0 radical (unpaired) electrons. The number of hydrogen-bond acceptors (Lipinski definition) is 5. The van der Waals surface area contributed by atoms with Gasteiger partial charge in [-0.15, -0.1) is 0 Å². The molecular formula is C20H23NO4. The highest BCUT2D eigenvalue weighted by molar-refractivity contribution is 5.26. The molecular weight excluding hydrogens is 318 g/mol. The fraction of sp³-hybridized carbons (Fsp3) is 0.300. The quantitative estimate of drug-likeness (QED) is 0.644. The van der Waals surface area contributed by atoms with Crippen molar-refractivity contribution in [1.82, 2.24) is 4.90 Å². The topological polar surface area (TPSA) is 59.0 Å². The summed E-state index contributed by atoms with van der Waals surface area (Å²) in [6.07, 6.45) is 2.68. The molecule has 2 aromatic heterocycles. The summed E-state index contributed by atoms with van der Waals surface area (Å²) in [4.78, 5) is 2.07. The molecule has 1 aromatic carbocycles. The van der Waals surface area contributed by atoms with Gasteiger partial charge in [0, 0.05) is 6.54 Å². The van der Waals surface area contributed by atoms with Crippen molar-refractivity contribution in [3.8, 4) is 5.75 Å². The SMILES string of the molecule is Cc1ccc(OCC(O)CN(Cc2ccco2)Cc2ccco2)cc1. The van der Waals surface area contributed by atoms with Crippen molar-refractivity contribution in [3.63, 3.8) is 0 Å². The summed E-state index contributed by atoms with van der Waals surface area (Å²) >= 11 is 0. The molecule has 3 aromatic rings. The van der Waals surface area contributed by atoms with Crippen LogP contribution in [0.15, 0.2) is 69.9 Å². The number of nitrogens with zero attached hydrogens (tertiary/aromatic N) is 1. The molecule has 0 bridgehead atoms. The Kier molecular flexibility index (Phi) is 5.93. The van der Waals surface area contributed by atoms with E-state index < -0.39 is 6.10 Å². The first-order valence-electron chi connectivity index (χ1n) is 8.33. The highest BCUT2D eigenvalue weighted by Gasteiger charge is 2.16. The molecule has 0 aliphatic carbocycles. The van der Waals surface area contributed by atoms with Crippen molar-refractivity contribution >= 4 is 0 Å². The van der Waals surface area contributed by atoms with Gasteiger partial charge in [-0.3, -0.25) is 4.90 Å². The van der Waals surface area contributed by atoms with E-state index in [0.29, 0.717) is 19.6 Å². The number of furan rings is 2. The molecule has 0 aliphatic heterocycles. The minimum absolute atomic E-state index is 0.232. The van der Waals surface area contributed by atoms with Crippen molar-refractivity contribution in [2.75, 3.05) is 13.2 Å². The minimum atomic E-state index is -0.619. The highest BCUT2D eigenvalue weighted by atomic mass is 16.5. The summed E-state index contributed by atoms with van der Waals surface area (Å²) in [5.41, 5.74) is 1.18. The van der Waals surface area contributed by atoms with Gasteiger partial charge in [0.1, 0.15) is 30.0 Å². The summed E-state index contributed by atoms with van der Waals surface area (Å²) in [7, 11) is 0. The average molecular weight is 341 g/mol. The lowest BCUT2D eigenvalue weighted by molar-refractivity contribution is 0.0580. The monoisotopic (exact) mass is 341 g/mol. The average Bonchev–Trinajstić information content (AvgIpc) is 3.28. The number of ether oxygens (including phenoxy) is 1. The molecule has 0 saturated carbocycles. The fourth-order valence-corrected chi connectivity index (χ4v) is 2.61. The van der Waals surface area contributed by atoms with Gasteiger partial charge in [-0.25, -0.2) is 0 Å². The zero-order valence-corrected chi connectivity index (χ0v) is 14.3. The molecule has 0 fully saturated rings. The van der Waals surface area contributed by atoms with Crippen LogP contribution in [-0.4, -0.2) is 29.3 Å². The van der Waals surface area contributed by atoms with Crippen LogP contribution in [0, 0.1) is 6.92 Å².